The summed E-state index contributed by atoms with van der Waals surface area (Å²) in [6.45, 7) is 16.2. The lowest BCUT2D eigenvalue weighted by molar-refractivity contribution is -0.144. The SMILES string of the molecule is C.COC(=O)C(C)c1ccc(C)cc1.Cc1cc(C)c(CC(=O)OCC(C)C)c(O)c1.Cc1ccc(C(C)OC=O)nc1.O=POO. The number of benzene rings is 2. The van der Waals surface area contributed by atoms with E-state index in [1.807, 2.05) is 90.9 Å². The minimum Gasteiger partial charge on any atom is -0.508 e. The maximum atomic E-state index is 11.6. The van der Waals surface area contributed by atoms with Gasteiger partial charge in [0, 0.05) is 11.8 Å². The van der Waals surface area contributed by atoms with Crippen LogP contribution in [-0.4, -0.2) is 47.5 Å². The van der Waals surface area contributed by atoms with Crippen LogP contribution in [-0.2, 0) is 44.3 Å². The number of phenolic OH excluding ortho intramolecular Hbond substituents is 1. The number of aromatic hydroxyl groups is 1. The number of hydrogen-bond acceptors (Lipinski definition) is 11. The molecule has 2 aromatic carbocycles. The number of pyridine rings is 1. The Labute approximate surface area is 280 Å². The molecule has 0 amide bonds. The van der Waals surface area contributed by atoms with Gasteiger partial charge >= 0.3 is 20.6 Å². The van der Waals surface area contributed by atoms with Crippen LogP contribution in [0.15, 0.2) is 54.7 Å². The van der Waals surface area contributed by atoms with E-state index in [0.717, 1.165) is 27.9 Å². The molecular formula is C35H50NO10P. The van der Waals surface area contributed by atoms with E-state index in [1.165, 1.54) is 12.7 Å². The van der Waals surface area contributed by atoms with Crippen molar-refractivity contribution in [2.75, 3.05) is 13.7 Å². The predicted molar refractivity (Wildman–Crippen MR) is 181 cm³/mol. The van der Waals surface area contributed by atoms with E-state index in [1.54, 1.807) is 19.2 Å². The third-order valence-electron chi connectivity index (χ3n) is 6.27. The second-order valence-electron chi connectivity index (χ2n) is 10.8. The first-order valence-electron chi connectivity index (χ1n) is 14.4. The number of phenols is 1. The van der Waals surface area contributed by atoms with Crippen LogP contribution in [0.3, 0.4) is 0 Å². The van der Waals surface area contributed by atoms with Gasteiger partial charge in [-0.3, -0.25) is 19.4 Å². The predicted octanol–water partition coefficient (Wildman–Crippen LogP) is 7.97. The van der Waals surface area contributed by atoms with Crippen molar-refractivity contribution in [3.05, 3.63) is 93.8 Å². The molecular weight excluding hydrogens is 625 g/mol. The molecule has 0 bridgehead atoms. The van der Waals surface area contributed by atoms with E-state index in [9.17, 15) is 19.5 Å². The fourth-order valence-electron chi connectivity index (χ4n) is 3.70. The van der Waals surface area contributed by atoms with Gasteiger partial charge in [-0.05, 0) is 81.8 Å². The van der Waals surface area contributed by atoms with Crippen molar-refractivity contribution in [3.8, 4) is 5.75 Å². The van der Waals surface area contributed by atoms with E-state index in [4.69, 9.17) is 19.3 Å². The molecule has 1 heterocycles. The Bertz CT molecular complexity index is 1320. The van der Waals surface area contributed by atoms with Crippen LogP contribution in [0.5, 0.6) is 5.75 Å². The molecule has 0 spiro atoms. The summed E-state index contributed by atoms with van der Waals surface area (Å²) >= 11 is 0. The van der Waals surface area contributed by atoms with Gasteiger partial charge in [-0.1, -0.05) is 63.2 Å². The molecule has 3 rings (SSSR count). The quantitative estimate of drug-likeness (QED) is 0.0536. The number of nitrogens with zero attached hydrogens (tertiary/aromatic N) is 1. The number of hydrogen-bond donors (Lipinski definition) is 2. The summed E-state index contributed by atoms with van der Waals surface area (Å²) in [5, 5.41) is 16.8. The molecule has 0 aliphatic rings. The minimum absolute atomic E-state index is 0. The van der Waals surface area contributed by atoms with Crippen LogP contribution in [0.4, 0.5) is 0 Å². The third-order valence-corrected chi connectivity index (χ3v) is 6.34. The second kappa shape index (κ2) is 25.0. The normalized spacial score (nSPS) is 11.0. The number of ether oxygens (including phenoxy) is 3. The number of carbonyl (C=O) groups excluding carboxylic acids is 3. The first-order chi connectivity index (χ1) is 21.7. The highest BCUT2D eigenvalue weighted by atomic mass is 31.1. The Kier molecular flexibility index (Phi) is 23.9. The van der Waals surface area contributed by atoms with Crippen molar-refractivity contribution in [3.63, 3.8) is 0 Å². The molecule has 0 saturated carbocycles. The highest BCUT2D eigenvalue weighted by molar-refractivity contribution is 7.17. The van der Waals surface area contributed by atoms with E-state index < -0.39 is 8.69 Å². The summed E-state index contributed by atoms with van der Waals surface area (Å²) in [5.74, 6) is -0.161. The van der Waals surface area contributed by atoms with Crippen molar-refractivity contribution < 1.29 is 48.2 Å². The third kappa shape index (κ3) is 19.2. The van der Waals surface area contributed by atoms with Crippen molar-refractivity contribution in [1.82, 2.24) is 4.98 Å². The topological polar surface area (TPSA) is 159 Å². The standard InChI is InChI=1S/C14H20O3.C11H14O2.C9H11NO2.CH4.HO3P/c1-9(2)8-17-14(16)7-12-11(4)5-10(3)6-13(12)15;1-8-4-6-10(7-5-8)9(2)11(12)13-3;1-7-3-4-9(10-5-7)8(2)12-6-11;;1-3-4-2/h5-6,9,15H,7-8H2,1-4H3;4-7,9H,1-3H3;3-6,8H,1-2H3;1H4;1H. The molecule has 3 aromatic rings. The molecule has 2 N–H and O–H groups in total. The summed E-state index contributed by atoms with van der Waals surface area (Å²) in [5.41, 5.74) is 6.62. The van der Waals surface area contributed by atoms with Gasteiger partial charge in [0.2, 0.25) is 0 Å². The van der Waals surface area contributed by atoms with E-state index in [-0.39, 0.29) is 43.6 Å². The number of aromatic nitrogens is 1. The van der Waals surface area contributed by atoms with Crippen molar-refractivity contribution in [2.45, 2.75) is 81.3 Å². The molecule has 12 heteroatoms. The van der Waals surface area contributed by atoms with Crippen LogP contribution in [0.1, 0.15) is 86.2 Å². The monoisotopic (exact) mass is 675 g/mol. The summed E-state index contributed by atoms with van der Waals surface area (Å²) in [6, 6.07) is 15.3. The van der Waals surface area contributed by atoms with Crippen molar-refractivity contribution in [1.29, 1.82) is 0 Å². The lowest BCUT2D eigenvalue weighted by Gasteiger charge is -2.11. The van der Waals surface area contributed by atoms with Gasteiger partial charge < -0.3 is 19.3 Å². The van der Waals surface area contributed by atoms with Gasteiger partial charge in [-0.25, -0.2) is 9.82 Å². The molecule has 0 aliphatic carbocycles. The van der Waals surface area contributed by atoms with Crippen LogP contribution >= 0.6 is 8.69 Å². The molecule has 0 fully saturated rings. The van der Waals surface area contributed by atoms with Crippen LogP contribution in [0, 0.1) is 33.6 Å². The molecule has 0 radical (unpaired) electrons. The second-order valence-corrected chi connectivity index (χ2v) is 11.1. The smallest absolute Gasteiger partial charge is 0.358 e. The van der Waals surface area contributed by atoms with Crippen LogP contribution < -0.4 is 0 Å². The fourth-order valence-corrected chi connectivity index (χ4v) is 3.70. The summed E-state index contributed by atoms with van der Waals surface area (Å²) in [6.07, 6.45) is 1.62. The molecule has 2 atom stereocenters. The first kappa shape index (κ1) is 44.9. The Balaban J connectivity index is 0. The number of carbonyl (C=O) groups is 3. The van der Waals surface area contributed by atoms with Gasteiger partial charge in [0.15, 0.2) is 0 Å². The minimum atomic E-state index is -0.696. The molecule has 260 valence electrons. The molecule has 2 unspecified atom stereocenters. The van der Waals surface area contributed by atoms with Gasteiger partial charge in [0.05, 0.1) is 31.7 Å². The summed E-state index contributed by atoms with van der Waals surface area (Å²) < 4.78 is 26.2. The highest BCUT2D eigenvalue weighted by Gasteiger charge is 2.15. The van der Waals surface area contributed by atoms with Gasteiger partial charge in [-0.2, -0.15) is 0 Å². The summed E-state index contributed by atoms with van der Waals surface area (Å²) in [4.78, 5) is 36.9. The van der Waals surface area contributed by atoms with E-state index in [0.29, 0.717) is 24.6 Å². The average molecular weight is 676 g/mol. The van der Waals surface area contributed by atoms with Gasteiger partial charge in [0.1, 0.15) is 11.9 Å². The zero-order chi connectivity index (χ0) is 35.2. The average Bonchev–Trinajstić information content (AvgIpc) is 3.02. The number of methoxy groups -OCH3 is 1. The maximum absolute atomic E-state index is 11.6. The highest BCUT2D eigenvalue weighted by Crippen LogP contribution is 2.24. The Morgan fingerprint density at radius 3 is 1.96 bits per heavy atom. The molecule has 47 heavy (non-hydrogen) atoms. The Morgan fingerprint density at radius 1 is 0.936 bits per heavy atom. The number of esters is 2. The first-order valence-corrected chi connectivity index (χ1v) is 15.2. The molecule has 11 nitrogen and oxygen atoms in total. The zero-order valence-electron chi connectivity index (χ0n) is 28.0. The lowest BCUT2D eigenvalue weighted by Crippen LogP contribution is -2.13. The van der Waals surface area contributed by atoms with Crippen LogP contribution in [0.2, 0.25) is 0 Å². The number of rotatable bonds is 10. The fraction of sp³-hybridized carbons (Fsp3) is 0.429. The number of aryl methyl sites for hydroxylation is 4. The van der Waals surface area contributed by atoms with E-state index >= 15 is 0 Å². The van der Waals surface area contributed by atoms with Crippen LogP contribution in [0.25, 0.3) is 0 Å². The van der Waals surface area contributed by atoms with E-state index in [2.05, 4.69) is 14.4 Å². The zero-order valence-corrected chi connectivity index (χ0v) is 28.9. The lowest BCUT2D eigenvalue weighted by atomic mass is 10.0. The maximum Gasteiger partial charge on any atom is 0.358 e. The van der Waals surface area contributed by atoms with Gasteiger partial charge in [-0.15, -0.1) is 4.67 Å². The summed E-state index contributed by atoms with van der Waals surface area (Å²) in [7, 11) is 0.714. The molecule has 1 aromatic heterocycles. The largest absolute Gasteiger partial charge is 0.508 e. The Morgan fingerprint density at radius 2 is 1.51 bits per heavy atom. The van der Waals surface area contributed by atoms with Crippen molar-refractivity contribution in [2.24, 2.45) is 5.92 Å². The van der Waals surface area contributed by atoms with Gasteiger partial charge in [0.25, 0.3) is 6.47 Å². The molecule has 0 saturated heterocycles. The Hall–Kier alpha value is -4.18. The molecule has 0 aliphatic heterocycles. The van der Waals surface area contributed by atoms with Crippen molar-refractivity contribution >= 4 is 27.1 Å².